The number of hydrogen-bond donors (Lipinski definition) is 5. The van der Waals surface area contributed by atoms with Crippen molar-refractivity contribution in [1.29, 1.82) is 0 Å². The van der Waals surface area contributed by atoms with E-state index in [9.17, 15) is 9.59 Å². The highest BCUT2D eigenvalue weighted by atomic mass is 16.4. The van der Waals surface area contributed by atoms with Crippen LogP contribution in [0.4, 0.5) is 4.79 Å². The Morgan fingerprint density at radius 2 is 1.92 bits per heavy atom. The predicted molar refractivity (Wildman–Crippen MR) is 94.3 cm³/mol. The van der Waals surface area contributed by atoms with E-state index in [-0.39, 0.29) is 12.6 Å². The molecule has 2 amide bonds. The summed E-state index contributed by atoms with van der Waals surface area (Å²) in [5, 5.41) is 11.2. The molecule has 1 atom stereocenters. The summed E-state index contributed by atoms with van der Waals surface area (Å²) in [6.07, 6.45) is 1.97. The molecule has 1 aliphatic rings. The molecule has 0 aromatic heterocycles. The van der Waals surface area contributed by atoms with Crippen LogP contribution in [0.2, 0.25) is 0 Å². The number of nitrogens with zero attached hydrogens (tertiary/aromatic N) is 1. The number of amides is 2. The molecule has 0 saturated carbocycles. The molecule has 0 spiro atoms. The van der Waals surface area contributed by atoms with Crippen molar-refractivity contribution >= 4 is 12.0 Å². The number of nitrogens with one attached hydrogen (secondary N) is 4. The van der Waals surface area contributed by atoms with Crippen molar-refractivity contribution in [3.8, 4) is 0 Å². The fourth-order valence-electron chi connectivity index (χ4n) is 2.65. The molecule has 1 saturated heterocycles. The molecule has 1 aromatic rings. The number of carboxylic acid groups (broad SMARTS) is 1. The third-order valence-corrected chi connectivity index (χ3v) is 4.28. The zero-order valence-electron chi connectivity index (χ0n) is 14.5. The molecule has 0 aliphatic carbocycles. The fourth-order valence-corrected chi connectivity index (χ4v) is 2.65. The van der Waals surface area contributed by atoms with Gasteiger partial charge in [0.05, 0.1) is 5.92 Å². The molecule has 8 heteroatoms. The van der Waals surface area contributed by atoms with E-state index in [0.29, 0.717) is 0 Å². The summed E-state index contributed by atoms with van der Waals surface area (Å²) in [4.78, 5) is 24.6. The van der Waals surface area contributed by atoms with Gasteiger partial charge in [0.25, 0.3) is 0 Å². The van der Waals surface area contributed by atoms with Gasteiger partial charge in [0.1, 0.15) is 0 Å². The monoisotopic (exact) mass is 349 g/mol. The molecule has 1 aromatic carbocycles. The quantitative estimate of drug-likeness (QED) is 0.442. The van der Waals surface area contributed by atoms with Gasteiger partial charge in [-0.25, -0.2) is 10.2 Å². The van der Waals surface area contributed by atoms with Gasteiger partial charge in [0.2, 0.25) is 0 Å². The number of piperidine rings is 1. The molecule has 1 heterocycles. The Morgan fingerprint density at radius 3 is 2.56 bits per heavy atom. The van der Waals surface area contributed by atoms with Crippen molar-refractivity contribution < 1.29 is 14.7 Å². The second-order valence-electron chi connectivity index (χ2n) is 6.38. The summed E-state index contributed by atoms with van der Waals surface area (Å²) in [7, 11) is 0. The number of urea groups is 1. The standard InChI is InChI=1S/C17H27N5O3/c1-13(16(23)24)11-18-17(25)20-21-19-15-7-9-22(10-8-15)12-14-5-3-2-4-6-14/h2-6,13,15,19,21H,7-12H2,1H3,(H,23,24)(H2,18,20,25)/t13-/m0/s1. The van der Waals surface area contributed by atoms with Crippen molar-refractivity contribution in [2.45, 2.75) is 32.4 Å². The van der Waals surface area contributed by atoms with Crippen LogP contribution in [0.1, 0.15) is 25.3 Å². The van der Waals surface area contributed by atoms with Gasteiger partial charge in [0.15, 0.2) is 0 Å². The lowest BCUT2D eigenvalue weighted by Crippen LogP contribution is -2.56. The average molecular weight is 349 g/mol. The molecule has 0 unspecified atom stereocenters. The van der Waals surface area contributed by atoms with Crippen LogP contribution < -0.4 is 21.7 Å². The normalized spacial score (nSPS) is 17.0. The smallest absolute Gasteiger partial charge is 0.330 e. The van der Waals surface area contributed by atoms with Gasteiger partial charge in [-0.2, -0.15) is 5.53 Å². The lowest BCUT2D eigenvalue weighted by molar-refractivity contribution is -0.140. The summed E-state index contributed by atoms with van der Waals surface area (Å²) in [5.41, 5.74) is 9.55. The Hall–Kier alpha value is -2.16. The SMILES string of the molecule is C[C@@H](CNC(=O)NNNC1CCN(Cc2ccccc2)CC1)C(=O)O. The number of hydrazine groups is 2. The minimum Gasteiger partial charge on any atom is -0.481 e. The first kappa shape index (κ1) is 19.2. The van der Waals surface area contributed by atoms with Crippen molar-refractivity contribution in [3.05, 3.63) is 35.9 Å². The maximum Gasteiger partial charge on any atom is 0.330 e. The van der Waals surface area contributed by atoms with Gasteiger partial charge in [-0.3, -0.25) is 15.1 Å². The van der Waals surface area contributed by atoms with Crippen LogP contribution in [0.5, 0.6) is 0 Å². The number of aliphatic carboxylic acids is 1. The molecular weight excluding hydrogens is 322 g/mol. The van der Waals surface area contributed by atoms with E-state index in [1.807, 2.05) is 6.07 Å². The minimum absolute atomic E-state index is 0.0840. The Morgan fingerprint density at radius 1 is 1.24 bits per heavy atom. The zero-order valence-corrected chi connectivity index (χ0v) is 14.5. The van der Waals surface area contributed by atoms with Crippen LogP contribution in [0.3, 0.4) is 0 Å². The number of rotatable bonds is 8. The molecule has 25 heavy (non-hydrogen) atoms. The van der Waals surface area contributed by atoms with Gasteiger partial charge in [-0.05, 0) is 18.4 Å². The van der Waals surface area contributed by atoms with E-state index in [1.54, 1.807) is 0 Å². The predicted octanol–water partition coefficient (Wildman–Crippen LogP) is 0.680. The van der Waals surface area contributed by atoms with E-state index < -0.39 is 17.9 Å². The highest BCUT2D eigenvalue weighted by molar-refractivity contribution is 5.75. The van der Waals surface area contributed by atoms with Gasteiger partial charge in [-0.15, -0.1) is 0 Å². The summed E-state index contributed by atoms with van der Waals surface area (Å²) < 4.78 is 0. The summed E-state index contributed by atoms with van der Waals surface area (Å²) >= 11 is 0. The lowest BCUT2D eigenvalue weighted by atomic mass is 10.1. The zero-order chi connectivity index (χ0) is 18.1. The Balaban J connectivity index is 1.56. The fraction of sp³-hybridized carbons (Fsp3) is 0.529. The average Bonchev–Trinajstić information content (AvgIpc) is 2.62. The highest BCUT2D eigenvalue weighted by Gasteiger charge is 2.19. The van der Waals surface area contributed by atoms with Crippen LogP contribution >= 0.6 is 0 Å². The molecule has 0 radical (unpaired) electrons. The van der Waals surface area contributed by atoms with Crippen LogP contribution in [0, 0.1) is 5.92 Å². The number of carbonyl (C=O) groups is 2. The third kappa shape index (κ3) is 7.08. The van der Waals surface area contributed by atoms with Gasteiger partial charge in [0, 0.05) is 32.2 Å². The van der Waals surface area contributed by atoms with Crippen molar-refractivity contribution in [2.24, 2.45) is 5.92 Å². The van der Waals surface area contributed by atoms with Gasteiger partial charge in [-0.1, -0.05) is 37.3 Å². The molecule has 8 nitrogen and oxygen atoms in total. The third-order valence-electron chi connectivity index (χ3n) is 4.28. The maximum absolute atomic E-state index is 11.5. The minimum atomic E-state index is -0.936. The van der Waals surface area contributed by atoms with E-state index in [1.165, 1.54) is 12.5 Å². The number of benzene rings is 1. The molecule has 5 N–H and O–H groups in total. The van der Waals surface area contributed by atoms with E-state index in [4.69, 9.17) is 5.11 Å². The Labute approximate surface area is 147 Å². The largest absolute Gasteiger partial charge is 0.481 e. The Bertz CT molecular complexity index is 546. The van der Waals surface area contributed by atoms with Crippen molar-refractivity contribution in [1.82, 2.24) is 26.6 Å². The summed E-state index contributed by atoms with van der Waals surface area (Å²) in [5.74, 6) is -1.55. The van der Waals surface area contributed by atoms with Crippen LogP contribution in [-0.4, -0.2) is 47.7 Å². The first-order valence-electron chi connectivity index (χ1n) is 8.58. The second-order valence-corrected chi connectivity index (χ2v) is 6.38. The van der Waals surface area contributed by atoms with Gasteiger partial charge < -0.3 is 10.4 Å². The van der Waals surface area contributed by atoms with E-state index in [0.717, 1.165) is 32.5 Å². The summed E-state index contributed by atoms with van der Waals surface area (Å²) in [6, 6.07) is 10.2. The Kier molecular flexibility index (Phi) is 7.65. The van der Waals surface area contributed by atoms with Crippen molar-refractivity contribution in [2.75, 3.05) is 19.6 Å². The number of hydrogen-bond acceptors (Lipinski definition) is 5. The first-order valence-corrected chi connectivity index (χ1v) is 8.58. The molecule has 2 rings (SSSR count). The molecule has 1 aliphatic heterocycles. The van der Waals surface area contributed by atoms with E-state index in [2.05, 4.69) is 50.9 Å². The topological polar surface area (TPSA) is 106 Å². The molecule has 138 valence electrons. The van der Waals surface area contributed by atoms with Gasteiger partial charge >= 0.3 is 12.0 Å². The number of carboxylic acids is 1. The molecule has 1 fully saturated rings. The number of carbonyl (C=O) groups excluding carboxylic acids is 1. The highest BCUT2D eigenvalue weighted by Crippen LogP contribution is 2.13. The first-order chi connectivity index (χ1) is 12.0. The van der Waals surface area contributed by atoms with Crippen LogP contribution in [0.15, 0.2) is 30.3 Å². The molecule has 0 bridgehead atoms. The molecular formula is C17H27N5O3. The van der Waals surface area contributed by atoms with Crippen LogP contribution in [0.25, 0.3) is 0 Å². The lowest BCUT2D eigenvalue weighted by Gasteiger charge is -2.32. The number of likely N-dealkylation sites (tertiary alicyclic amines) is 1. The van der Waals surface area contributed by atoms with E-state index >= 15 is 0 Å². The second kappa shape index (κ2) is 9.97. The summed E-state index contributed by atoms with van der Waals surface area (Å²) in [6.45, 7) is 4.58. The van der Waals surface area contributed by atoms with Crippen LogP contribution in [-0.2, 0) is 11.3 Å². The maximum atomic E-state index is 11.5. The van der Waals surface area contributed by atoms with Crippen molar-refractivity contribution in [3.63, 3.8) is 0 Å².